The van der Waals surface area contributed by atoms with Crippen molar-refractivity contribution in [2.45, 2.75) is 25.6 Å². The van der Waals surface area contributed by atoms with E-state index in [0.717, 1.165) is 23.4 Å². The quantitative estimate of drug-likeness (QED) is 0.550. The number of amides is 1. The minimum absolute atomic E-state index is 0.00224. The maximum Gasteiger partial charge on any atom is 0.416 e. The van der Waals surface area contributed by atoms with Crippen molar-refractivity contribution in [3.8, 4) is 0 Å². The molecule has 1 aromatic heterocycles. The first kappa shape index (κ1) is 22.3. The molecule has 2 aromatic carbocycles. The summed E-state index contributed by atoms with van der Waals surface area (Å²) < 4.78 is 44.2. The third-order valence-corrected chi connectivity index (χ3v) is 5.28. The van der Waals surface area contributed by atoms with Gasteiger partial charge in [0.1, 0.15) is 11.4 Å². The maximum absolute atomic E-state index is 13.0. The first-order valence-electron chi connectivity index (χ1n) is 10.2. The van der Waals surface area contributed by atoms with E-state index in [4.69, 9.17) is 4.74 Å². The lowest BCUT2D eigenvalue weighted by atomic mass is 10.1. The molecule has 0 radical (unpaired) electrons. The fourth-order valence-corrected chi connectivity index (χ4v) is 3.80. The Balaban J connectivity index is 1.46. The number of carbonyl (C=O) groups is 2. The minimum Gasteiger partial charge on any atom is -0.452 e. The van der Waals surface area contributed by atoms with Crippen LogP contribution in [0, 0.1) is 0 Å². The van der Waals surface area contributed by atoms with E-state index in [-0.39, 0.29) is 29.0 Å². The van der Waals surface area contributed by atoms with Gasteiger partial charge >= 0.3 is 12.1 Å². The van der Waals surface area contributed by atoms with E-state index in [1.807, 2.05) is 31.2 Å². The number of anilines is 3. The van der Waals surface area contributed by atoms with Gasteiger partial charge in [-0.1, -0.05) is 24.3 Å². The van der Waals surface area contributed by atoms with Crippen LogP contribution in [0.4, 0.5) is 30.4 Å². The van der Waals surface area contributed by atoms with Crippen LogP contribution in [-0.4, -0.2) is 29.5 Å². The average molecular weight is 455 g/mol. The van der Waals surface area contributed by atoms with Gasteiger partial charge in [0.05, 0.1) is 5.56 Å². The summed E-state index contributed by atoms with van der Waals surface area (Å²) >= 11 is 0. The fourth-order valence-electron chi connectivity index (χ4n) is 3.80. The Hall–Kier alpha value is -3.88. The number of pyridine rings is 1. The zero-order valence-corrected chi connectivity index (χ0v) is 17.6. The van der Waals surface area contributed by atoms with E-state index in [9.17, 15) is 22.8 Å². The molecule has 0 saturated carbocycles. The predicted octanol–water partition coefficient (Wildman–Crippen LogP) is 4.98. The highest BCUT2D eigenvalue weighted by Gasteiger charge is 2.32. The van der Waals surface area contributed by atoms with Gasteiger partial charge in [-0.2, -0.15) is 13.2 Å². The largest absolute Gasteiger partial charge is 0.452 e. The molecule has 1 unspecified atom stereocenters. The number of nitrogens with zero attached hydrogens (tertiary/aromatic N) is 2. The van der Waals surface area contributed by atoms with Crippen LogP contribution >= 0.6 is 0 Å². The maximum atomic E-state index is 13.0. The molecule has 1 atom stereocenters. The predicted molar refractivity (Wildman–Crippen MR) is 116 cm³/mol. The molecule has 4 rings (SSSR count). The Bertz CT molecular complexity index is 1200. The SMILES string of the molecule is CC1Cc2ccccc2N1C(=O)COC(=O)c1cccnc1Nc1cccc(C(F)(F)F)c1. The summed E-state index contributed by atoms with van der Waals surface area (Å²) in [6, 6.07) is 14.9. The zero-order valence-electron chi connectivity index (χ0n) is 17.6. The smallest absolute Gasteiger partial charge is 0.416 e. The Kier molecular flexibility index (Phi) is 6.04. The number of aromatic nitrogens is 1. The summed E-state index contributed by atoms with van der Waals surface area (Å²) in [5.74, 6) is -1.16. The lowest BCUT2D eigenvalue weighted by molar-refractivity contribution is -0.137. The number of alkyl halides is 3. The summed E-state index contributed by atoms with van der Waals surface area (Å²) in [5.41, 5.74) is 1.11. The summed E-state index contributed by atoms with van der Waals surface area (Å²) in [6.45, 7) is 1.44. The molecule has 0 aliphatic carbocycles. The van der Waals surface area contributed by atoms with E-state index in [0.29, 0.717) is 6.42 Å². The van der Waals surface area contributed by atoms with E-state index in [1.165, 1.54) is 30.5 Å². The zero-order chi connectivity index (χ0) is 23.6. The number of fused-ring (bicyclic) bond motifs is 1. The van der Waals surface area contributed by atoms with Crippen molar-refractivity contribution >= 4 is 29.1 Å². The highest BCUT2D eigenvalue weighted by molar-refractivity contribution is 6.00. The van der Waals surface area contributed by atoms with Crippen LogP contribution in [-0.2, 0) is 22.1 Å². The van der Waals surface area contributed by atoms with E-state index in [1.54, 1.807) is 4.90 Å². The Morgan fingerprint density at radius 1 is 1.12 bits per heavy atom. The molecule has 9 heteroatoms. The second kappa shape index (κ2) is 8.93. The Labute approximate surface area is 188 Å². The summed E-state index contributed by atoms with van der Waals surface area (Å²) in [5, 5.41) is 2.72. The van der Waals surface area contributed by atoms with Gasteiger partial charge in [-0.25, -0.2) is 9.78 Å². The van der Waals surface area contributed by atoms with Gasteiger partial charge in [-0.15, -0.1) is 0 Å². The lowest BCUT2D eigenvalue weighted by Crippen LogP contribution is -2.38. The molecule has 170 valence electrons. The van der Waals surface area contributed by atoms with Crippen LogP contribution in [0.2, 0.25) is 0 Å². The topological polar surface area (TPSA) is 71.5 Å². The third-order valence-electron chi connectivity index (χ3n) is 5.28. The molecule has 1 aliphatic heterocycles. The number of nitrogens with one attached hydrogen (secondary N) is 1. The fraction of sp³-hybridized carbons (Fsp3) is 0.208. The molecule has 1 amide bonds. The van der Waals surface area contributed by atoms with E-state index >= 15 is 0 Å². The third kappa shape index (κ3) is 4.82. The van der Waals surface area contributed by atoms with Crippen LogP contribution in [0.25, 0.3) is 0 Å². The van der Waals surface area contributed by atoms with Crippen LogP contribution in [0.15, 0.2) is 66.9 Å². The van der Waals surface area contributed by atoms with E-state index in [2.05, 4.69) is 10.3 Å². The molecule has 0 spiro atoms. The number of hydrogen-bond donors (Lipinski definition) is 1. The first-order chi connectivity index (χ1) is 15.7. The van der Waals surface area contributed by atoms with Gasteiger partial charge < -0.3 is 15.0 Å². The van der Waals surface area contributed by atoms with Gasteiger partial charge in [-0.05, 0) is 55.3 Å². The highest BCUT2D eigenvalue weighted by Crippen LogP contribution is 2.33. The van der Waals surface area contributed by atoms with Crippen molar-refractivity contribution < 1.29 is 27.5 Å². The number of rotatable bonds is 5. The molecular formula is C24H20F3N3O3. The van der Waals surface area contributed by atoms with Crippen molar-refractivity contribution in [2.24, 2.45) is 0 Å². The molecule has 1 N–H and O–H groups in total. The van der Waals surface area contributed by atoms with Gasteiger partial charge in [0, 0.05) is 23.6 Å². The monoisotopic (exact) mass is 455 g/mol. The van der Waals surface area contributed by atoms with Crippen molar-refractivity contribution in [3.63, 3.8) is 0 Å². The highest BCUT2D eigenvalue weighted by atomic mass is 19.4. The van der Waals surface area contributed by atoms with Gasteiger partial charge in [0.25, 0.3) is 5.91 Å². The van der Waals surface area contributed by atoms with Gasteiger partial charge in [0.2, 0.25) is 0 Å². The minimum atomic E-state index is -4.50. The molecule has 2 heterocycles. The summed E-state index contributed by atoms with van der Waals surface area (Å²) in [6.07, 6.45) is -2.40. The molecule has 0 saturated heterocycles. The number of halogens is 3. The molecule has 0 bridgehead atoms. The van der Waals surface area contributed by atoms with Gasteiger partial charge in [-0.3, -0.25) is 4.79 Å². The van der Waals surface area contributed by atoms with Crippen LogP contribution < -0.4 is 10.2 Å². The molecule has 0 fully saturated rings. The number of carbonyl (C=O) groups excluding carboxylic acids is 2. The number of hydrogen-bond acceptors (Lipinski definition) is 5. The van der Waals surface area contributed by atoms with Crippen LogP contribution in [0.3, 0.4) is 0 Å². The second-order valence-corrected chi connectivity index (χ2v) is 7.62. The molecular weight excluding hydrogens is 435 g/mol. The number of benzene rings is 2. The molecule has 1 aliphatic rings. The van der Waals surface area contributed by atoms with E-state index < -0.39 is 24.3 Å². The van der Waals surface area contributed by atoms with Crippen molar-refractivity contribution in [3.05, 3.63) is 83.6 Å². The first-order valence-corrected chi connectivity index (χ1v) is 10.2. The Morgan fingerprint density at radius 3 is 2.70 bits per heavy atom. The summed E-state index contributed by atoms with van der Waals surface area (Å²) in [4.78, 5) is 31.1. The Morgan fingerprint density at radius 2 is 1.91 bits per heavy atom. The molecule has 6 nitrogen and oxygen atoms in total. The van der Waals surface area contributed by atoms with Gasteiger partial charge in [0.15, 0.2) is 6.61 Å². The second-order valence-electron chi connectivity index (χ2n) is 7.62. The average Bonchev–Trinajstić information content (AvgIpc) is 3.13. The van der Waals surface area contributed by atoms with Crippen molar-refractivity contribution in [1.29, 1.82) is 0 Å². The standard InChI is InChI=1S/C24H20F3N3O3/c1-15-12-16-6-2-3-10-20(16)30(15)21(31)14-33-23(32)19-9-5-11-28-22(19)29-18-8-4-7-17(13-18)24(25,26)27/h2-11,13,15H,12,14H2,1H3,(H,28,29). The van der Waals surface area contributed by atoms with Crippen LogP contribution in [0.1, 0.15) is 28.4 Å². The van der Waals surface area contributed by atoms with Crippen molar-refractivity contribution in [1.82, 2.24) is 4.98 Å². The molecule has 3 aromatic rings. The normalized spacial score (nSPS) is 15.2. The van der Waals surface area contributed by atoms with Crippen LogP contribution in [0.5, 0.6) is 0 Å². The van der Waals surface area contributed by atoms with Crippen molar-refractivity contribution in [2.75, 3.05) is 16.8 Å². The molecule has 33 heavy (non-hydrogen) atoms. The number of esters is 1. The number of ether oxygens (including phenoxy) is 1. The number of para-hydroxylation sites is 1. The summed E-state index contributed by atoms with van der Waals surface area (Å²) in [7, 11) is 0. The lowest BCUT2D eigenvalue weighted by Gasteiger charge is -2.22.